The maximum absolute atomic E-state index is 12.2. The summed E-state index contributed by atoms with van der Waals surface area (Å²) in [5.74, 6) is 0. The number of thiophene rings is 1. The Morgan fingerprint density at radius 2 is 2.27 bits per heavy atom. The lowest BCUT2D eigenvalue weighted by Gasteiger charge is -2.27. The highest BCUT2D eigenvalue weighted by molar-refractivity contribution is 7.08. The third-order valence-electron chi connectivity index (χ3n) is 3.83. The summed E-state index contributed by atoms with van der Waals surface area (Å²) in [4.78, 5) is 16.2. The zero-order valence-corrected chi connectivity index (χ0v) is 12.6. The zero-order valence-electron chi connectivity index (χ0n) is 11.8. The minimum Gasteiger partial charge on any atom is -0.394 e. The van der Waals surface area contributed by atoms with Gasteiger partial charge in [0.15, 0.2) is 6.23 Å². The molecule has 0 unspecified atom stereocenters. The van der Waals surface area contributed by atoms with E-state index in [1.54, 1.807) is 6.07 Å². The van der Waals surface area contributed by atoms with Crippen LogP contribution in [0.15, 0.2) is 33.9 Å². The highest BCUT2D eigenvalue weighted by Crippen LogP contribution is 2.37. The smallest absolute Gasteiger partial charge is 0.350 e. The van der Waals surface area contributed by atoms with Gasteiger partial charge in [-0.15, -0.1) is 0 Å². The van der Waals surface area contributed by atoms with Gasteiger partial charge in [-0.2, -0.15) is 16.3 Å². The molecule has 2 aromatic rings. The third kappa shape index (κ3) is 2.38. The lowest BCUT2D eigenvalue weighted by Crippen LogP contribution is -2.46. The SMILES string of the molecule is C[C@@]1(O)[C@H](O)[C@@H](CO)O[C@H]1n1ccc(-c2ccsc2)nc1=O. The van der Waals surface area contributed by atoms with E-state index < -0.39 is 36.3 Å². The first-order valence-corrected chi connectivity index (χ1v) is 7.68. The molecule has 0 aromatic carbocycles. The lowest BCUT2D eigenvalue weighted by molar-refractivity contribution is -0.0986. The highest BCUT2D eigenvalue weighted by atomic mass is 32.1. The van der Waals surface area contributed by atoms with Gasteiger partial charge in [0, 0.05) is 17.1 Å². The molecule has 3 heterocycles. The van der Waals surface area contributed by atoms with E-state index in [1.807, 2.05) is 16.8 Å². The molecule has 0 aliphatic carbocycles. The van der Waals surface area contributed by atoms with Crippen LogP contribution >= 0.6 is 11.3 Å². The summed E-state index contributed by atoms with van der Waals surface area (Å²) in [5, 5.41) is 33.3. The summed E-state index contributed by atoms with van der Waals surface area (Å²) in [5.41, 5.74) is -0.941. The molecule has 7 nitrogen and oxygen atoms in total. The van der Waals surface area contributed by atoms with Crippen LogP contribution in [0.4, 0.5) is 0 Å². The van der Waals surface area contributed by atoms with Crippen LogP contribution in [0.1, 0.15) is 13.2 Å². The Morgan fingerprint density at radius 3 is 2.82 bits per heavy atom. The molecule has 0 spiro atoms. The molecule has 0 amide bonds. The molecule has 1 saturated heterocycles. The fourth-order valence-corrected chi connectivity index (χ4v) is 3.20. The molecule has 118 valence electrons. The average molecular weight is 324 g/mol. The highest BCUT2D eigenvalue weighted by Gasteiger charge is 2.53. The molecular weight excluding hydrogens is 308 g/mol. The second kappa shape index (κ2) is 5.56. The van der Waals surface area contributed by atoms with Crippen molar-refractivity contribution in [2.24, 2.45) is 0 Å². The Bertz CT molecular complexity index is 712. The zero-order chi connectivity index (χ0) is 15.9. The molecule has 0 saturated carbocycles. The van der Waals surface area contributed by atoms with Crippen molar-refractivity contribution in [3.63, 3.8) is 0 Å². The molecule has 8 heteroatoms. The molecule has 0 radical (unpaired) electrons. The van der Waals surface area contributed by atoms with Gasteiger partial charge < -0.3 is 20.1 Å². The van der Waals surface area contributed by atoms with Crippen LogP contribution in [0.5, 0.6) is 0 Å². The van der Waals surface area contributed by atoms with Gasteiger partial charge in [0.2, 0.25) is 0 Å². The number of aliphatic hydroxyl groups is 3. The monoisotopic (exact) mass is 324 g/mol. The van der Waals surface area contributed by atoms with Gasteiger partial charge in [-0.25, -0.2) is 4.79 Å². The van der Waals surface area contributed by atoms with Crippen molar-refractivity contribution in [3.05, 3.63) is 39.6 Å². The largest absolute Gasteiger partial charge is 0.394 e. The molecule has 22 heavy (non-hydrogen) atoms. The van der Waals surface area contributed by atoms with Crippen molar-refractivity contribution in [2.45, 2.75) is 31.0 Å². The van der Waals surface area contributed by atoms with Gasteiger partial charge in [-0.05, 0) is 24.4 Å². The van der Waals surface area contributed by atoms with Crippen molar-refractivity contribution in [3.8, 4) is 11.3 Å². The predicted octanol–water partition coefficient (Wildman–Crippen LogP) is -0.0266. The fraction of sp³-hybridized carbons (Fsp3) is 0.429. The lowest BCUT2D eigenvalue weighted by atomic mass is 9.96. The van der Waals surface area contributed by atoms with Crippen LogP contribution in [0.25, 0.3) is 11.3 Å². The van der Waals surface area contributed by atoms with Gasteiger partial charge in [-0.1, -0.05) is 0 Å². The molecule has 1 aliphatic rings. The van der Waals surface area contributed by atoms with Gasteiger partial charge in [0.05, 0.1) is 12.3 Å². The summed E-state index contributed by atoms with van der Waals surface area (Å²) < 4.78 is 6.53. The van der Waals surface area contributed by atoms with E-state index in [9.17, 15) is 20.1 Å². The summed E-state index contributed by atoms with van der Waals surface area (Å²) in [6, 6.07) is 3.49. The Hall–Kier alpha value is -1.58. The topological polar surface area (TPSA) is 105 Å². The van der Waals surface area contributed by atoms with E-state index in [2.05, 4.69) is 4.98 Å². The van der Waals surface area contributed by atoms with Crippen molar-refractivity contribution >= 4 is 11.3 Å². The summed E-state index contributed by atoms with van der Waals surface area (Å²) >= 11 is 1.50. The number of aromatic nitrogens is 2. The standard InChI is InChI=1S/C14H16N2O5S/c1-14(20)11(18)10(6-17)21-12(14)16-4-2-9(15-13(16)19)8-3-5-22-7-8/h2-5,7,10-12,17-18,20H,6H2,1H3/t10-,11-,12-,14-/m1/s1. The molecule has 3 rings (SSSR count). The van der Waals surface area contributed by atoms with Crippen molar-refractivity contribution in [1.29, 1.82) is 0 Å². The van der Waals surface area contributed by atoms with Gasteiger partial charge >= 0.3 is 5.69 Å². The molecule has 2 aromatic heterocycles. The van der Waals surface area contributed by atoms with Crippen molar-refractivity contribution < 1.29 is 20.1 Å². The van der Waals surface area contributed by atoms with Crippen LogP contribution in [-0.4, -0.2) is 49.3 Å². The summed E-state index contributed by atoms with van der Waals surface area (Å²) in [7, 11) is 0. The van der Waals surface area contributed by atoms with Crippen LogP contribution in [0, 0.1) is 0 Å². The molecule has 1 fully saturated rings. The third-order valence-corrected chi connectivity index (χ3v) is 4.52. The number of hydrogen-bond donors (Lipinski definition) is 3. The normalized spacial score (nSPS) is 31.5. The van der Waals surface area contributed by atoms with Crippen LogP contribution in [0.2, 0.25) is 0 Å². The molecular formula is C14H16N2O5S. The average Bonchev–Trinajstić information content (AvgIpc) is 3.09. The van der Waals surface area contributed by atoms with Gasteiger partial charge in [0.1, 0.15) is 17.8 Å². The number of ether oxygens (including phenoxy) is 1. The Labute approximate surface area is 130 Å². The predicted molar refractivity (Wildman–Crippen MR) is 79.4 cm³/mol. The Kier molecular flexibility index (Phi) is 3.87. The molecule has 3 N–H and O–H groups in total. The Balaban J connectivity index is 1.98. The number of rotatable bonds is 3. The van der Waals surface area contributed by atoms with Crippen LogP contribution in [0.3, 0.4) is 0 Å². The first-order valence-electron chi connectivity index (χ1n) is 6.73. The quantitative estimate of drug-likeness (QED) is 0.732. The van der Waals surface area contributed by atoms with Crippen molar-refractivity contribution in [1.82, 2.24) is 9.55 Å². The van der Waals surface area contributed by atoms with E-state index in [0.29, 0.717) is 5.69 Å². The number of aliphatic hydroxyl groups excluding tert-OH is 2. The summed E-state index contributed by atoms with van der Waals surface area (Å²) in [6.07, 6.45) is -1.90. The van der Waals surface area contributed by atoms with Crippen LogP contribution < -0.4 is 5.69 Å². The van der Waals surface area contributed by atoms with Crippen molar-refractivity contribution in [2.75, 3.05) is 6.61 Å². The maximum Gasteiger partial charge on any atom is 0.350 e. The first-order chi connectivity index (χ1) is 10.4. The van der Waals surface area contributed by atoms with E-state index in [0.717, 1.165) is 10.1 Å². The molecule has 4 atom stereocenters. The van der Waals surface area contributed by atoms with Gasteiger partial charge in [-0.3, -0.25) is 4.57 Å². The second-order valence-electron chi connectivity index (χ2n) is 5.39. The van der Waals surface area contributed by atoms with E-state index >= 15 is 0 Å². The number of hydrogen-bond acceptors (Lipinski definition) is 7. The molecule has 1 aliphatic heterocycles. The maximum atomic E-state index is 12.2. The van der Waals surface area contributed by atoms with E-state index in [4.69, 9.17) is 4.74 Å². The minimum absolute atomic E-state index is 0.455. The van der Waals surface area contributed by atoms with E-state index in [1.165, 1.54) is 24.5 Å². The van der Waals surface area contributed by atoms with Crippen LogP contribution in [-0.2, 0) is 4.74 Å². The second-order valence-corrected chi connectivity index (χ2v) is 6.17. The Morgan fingerprint density at radius 1 is 1.50 bits per heavy atom. The first kappa shape index (κ1) is 15.3. The van der Waals surface area contributed by atoms with E-state index in [-0.39, 0.29) is 0 Å². The fourth-order valence-electron chi connectivity index (χ4n) is 2.55. The molecule has 0 bridgehead atoms. The number of nitrogens with zero attached hydrogens (tertiary/aromatic N) is 2. The van der Waals surface area contributed by atoms with Gasteiger partial charge in [0.25, 0.3) is 0 Å². The minimum atomic E-state index is -1.71. The summed E-state index contributed by atoms with van der Waals surface area (Å²) in [6.45, 7) is 0.903.